The van der Waals surface area contributed by atoms with Crippen LogP contribution in [0.3, 0.4) is 0 Å². The minimum Gasteiger partial charge on any atom is -0.497 e. The maximum Gasteiger partial charge on any atom is 0.135 e. The Morgan fingerprint density at radius 3 is 2.46 bits per heavy atom. The topological polar surface area (TPSA) is 18.5 Å². The third-order valence-electron chi connectivity index (χ3n) is 1.72. The van der Waals surface area contributed by atoms with Crippen molar-refractivity contribution in [1.29, 1.82) is 0 Å². The van der Waals surface area contributed by atoms with Gasteiger partial charge in [0, 0.05) is 17.7 Å². The van der Waals surface area contributed by atoms with Crippen molar-refractivity contribution in [2.24, 2.45) is 0 Å². The van der Waals surface area contributed by atoms with Crippen molar-refractivity contribution in [1.82, 2.24) is 0 Å². The third-order valence-corrected chi connectivity index (χ3v) is 1.98. The lowest BCUT2D eigenvalue weighted by molar-refractivity contribution is 0.385. The highest BCUT2D eigenvalue weighted by Crippen LogP contribution is 2.28. The summed E-state index contributed by atoms with van der Waals surface area (Å²) in [4.78, 5) is 0. The Hall–Kier alpha value is -0.960. The molecule has 13 heavy (non-hydrogen) atoms. The molecular weight excluding hydrogens is 195 g/mol. The molecule has 0 aromatic heterocycles. The maximum atomic E-state index is 13.2. The first-order chi connectivity index (χ1) is 6.22. The van der Waals surface area contributed by atoms with Crippen LogP contribution in [0.2, 0.25) is 0 Å². The molecule has 0 fully saturated rings. The van der Waals surface area contributed by atoms with Gasteiger partial charge in [0.15, 0.2) is 0 Å². The third kappa shape index (κ3) is 2.04. The van der Waals surface area contributed by atoms with Crippen molar-refractivity contribution >= 4 is 11.6 Å². The van der Waals surface area contributed by atoms with Crippen LogP contribution in [0, 0.1) is 5.82 Å². The number of alkyl halides is 1. The molecule has 1 aromatic carbocycles. The van der Waals surface area contributed by atoms with E-state index in [1.165, 1.54) is 20.3 Å². The van der Waals surface area contributed by atoms with E-state index in [0.29, 0.717) is 17.1 Å². The molecule has 0 bridgehead atoms. The SMILES string of the molecule is COc1cc(F)c(CCl)c(OC)c1. The zero-order valence-electron chi connectivity index (χ0n) is 7.43. The summed E-state index contributed by atoms with van der Waals surface area (Å²) in [7, 11) is 2.93. The van der Waals surface area contributed by atoms with E-state index in [4.69, 9.17) is 21.1 Å². The van der Waals surface area contributed by atoms with Crippen molar-refractivity contribution in [2.75, 3.05) is 14.2 Å². The first-order valence-corrected chi connectivity index (χ1v) is 4.22. The van der Waals surface area contributed by atoms with E-state index in [1.54, 1.807) is 6.07 Å². The van der Waals surface area contributed by atoms with Gasteiger partial charge in [-0.15, -0.1) is 11.6 Å². The predicted octanol–water partition coefficient (Wildman–Crippen LogP) is 2.58. The highest BCUT2D eigenvalue weighted by atomic mass is 35.5. The van der Waals surface area contributed by atoms with Gasteiger partial charge < -0.3 is 9.47 Å². The zero-order valence-corrected chi connectivity index (χ0v) is 8.19. The minimum atomic E-state index is -0.411. The van der Waals surface area contributed by atoms with E-state index in [9.17, 15) is 4.39 Å². The first kappa shape index (κ1) is 10.1. The lowest BCUT2D eigenvalue weighted by Crippen LogP contribution is -1.95. The molecule has 72 valence electrons. The molecule has 0 atom stereocenters. The second kappa shape index (κ2) is 4.33. The van der Waals surface area contributed by atoms with Gasteiger partial charge >= 0.3 is 0 Å². The van der Waals surface area contributed by atoms with Crippen LogP contribution in [0.5, 0.6) is 11.5 Å². The Labute approximate surface area is 81.2 Å². The standard InChI is InChI=1S/C9H10ClFO2/c1-12-6-3-8(11)7(5-10)9(4-6)13-2/h3-4H,5H2,1-2H3. The van der Waals surface area contributed by atoms with Crippen LogP contribution in [-0.4, -0.2) is 14.2 Å². The fraction of sp³-hybridized carbons (Fsp3) is 0.333. The largest absolute Gasteiger partial charge is 0.497 e. The second-order valence-corrected chi connectivity index (χ2v) is 2.69. The molecule has 0 saturated heterocycles. The first-order valence-electron chi connectivity index (χ1n) is 3.69. The van der Waals surface area contributed by atoms with Gasteiger partial charge in [-0.05, 0) is 0 Å². The van der Waals surface area contributed by atoms with E-state index in [2.05, 4.69) is 0 Å². The van der Waals surface area contributed by atoms with Crippen LogP contribution >= 0.6 is 11.6 Å². The molecule has 1 aromatic rings. The van der Waals surface area contributed by atoms with Crippen LogP contribution in [-0.2, 0) is 5.88 Å². The number of ether oxygens (including phenoxy) is 2. The quantitative estimate of drug-likeness (QED) is 0.705. The Morgan fingerprint density at radius 2 is 2.00 bits per heavy atom. The van der Waals surface area contributed by atoms with E-state index < -0.39 is 5.82 Å². The summed E-state index contributed by atoms with van der Waals surface area (Å²) in [6.07, 6.45) is 0. The van der Waals surface area contributed by atoms with E-state index in [1.807, 2.05) is 0 Å². The molecular formula is C9H10ClFO2. The normalized spacial score (nSPS) is 9.85. The van der Waals surface area contributed by atoms with Gasteiger partial charge in [0.1, 0.15) is 17.3 Å². The van der Waals surface area contributed by atoms with Crippen molar-refractivity contribution in [3.63, 3.8) is 0 Å². The highest BCUT2D eigenvalue weighted by Gasteiger charge is 2.10. The van der Waals surface area contributed by atoms with Gasteiger partial charge in [0.25, 0.3) is 0 Å². The summed E-state index contributed by atoms with van der Waals surface area (Å²) in [6, 6.07) is 2.88. The fourth-order valence-electron chi connectivity index (χ4n) is 1.02. The summed E-state index contributed by atoms with van der Waals surface area (Å²) in [5.74, 6) is 0.500. The van der Waals surface area contributed by atoms with Gasteiger partial charge in [0.2, 0.25) is 0 Å². The molecule has 0 aliphatic carbocycles. The van der Waals surface area contributed by atoms with Gasteiger partial charge in [-0.1, -0.05) is 0 Å². The molecule has 2 nitrogen and oxygen atoms in total. The molecule has 0 aliphatic heterocycles. The molecule has 0 N–H and O–H groups in total. The number of hydrogen-bond donors (Lipinski definition) is 0. The van der Waals surface area contributed by atoms with Crippen LogP contribution in [0.15, 0.2) is 12.1 Å². The molecule has 0 heterocycles. The summed E-state index contributed by atoms with van der Waals surface area (Å²) in [6.45, 7) is 0. The van der Waals surface area contributed by atoms with Crippen LogP contribution in [0.1, 0.15) is 5.56 Å². The van der Waals surface area contributed by atoms with Crippen LogP contribution < -0.4 is 9.47 Å². The summed E-state index contributed by atoms with van der Waals surface area (Å²) in [5, 5.41) is 0. The van der Waals surface area contributed by atoms with E-state index >= 15 is 0 Å². The molecule has 0 unspecified atom stereocenters. The Bertz CT molecular complexity index is 302. The van der Waals surface area contributed by atoms with Crippen molar-refractivity contribution in [3.8, 4) is 11.5 Å². The molecule has 0 aliphatic rings. The van der Waals surface area contributed by atoms with Crippen molar-refractivity contribution in [2.45, 2.75) is 5.88 Å². The van der Waals surface area contributed by atoms with E-state index in [-0.39, 0.29) is 5.88 Å². The van der Waals surface area contributed by atoms with Gasteiger partial charge in [0.05, 0.1) is 20.1 Å². The second-order valence-electron chi connectivity index (χ2n) is 2.42. The molecule has 4 heteroatoms. The maximum absolute atomic E-state index is 13.2. The Balaban J connectivity index is 3.20. The summed E-state index contributed by atoms with van der Waals surface area (Å²) in [5.41, 5.74) is 0.352. The van der Waals surface area contributed by atoms with Crippen LogP contribution in [0.25, 0.3) is 0 Å². The average Bonchev–Trinajstić information content (AvgIpc) is 2.16. The molecule has 0 radical (unpaired) electrons. The number of methoxy groups -OCH3 is 2. The number of rotatable bonds is 3. The van der Waals surface area contributed by atoms with Gasteiger partial charge in [-0.2, -0.15) is 0 Å². The molecule has 0 saturated carbocycles. The summed E-state index contributed by atoms with van der Waals surface area (Å²) < 4.78 is 23.1. The van der Waals surface area contributed by atoms with Crippen molar-refractivity contribution < 1.29 is 13.9 Å². The van der Waals surface area contributed by atoms with Gasteiger partial charge in [-0.25, -0.2) is 4.39 Å². The van der Waals surface area contributed by atoms with Crippen molar-refractivity contribution in [3.05, 3.63) is 23.5 Å². The van der Waals surface area contributed by atoms with Gasteiger partial charge in [-0.3, -0.25) is 0 Å². The monoisotopic (exact) mass is 204 g/mol. The number of benzene rings is 1. The Morgan fingerprint density at radius 1 is 1.31 bits per heavy atom. The zero-order chi connectivity index (χ0) is 9.84. The predicted molar refractivity (Wildman–Crippen MR) is 49.1 cm³/mol. The average molecular weight is 205 g/mol. The molecule has 0 amide bonds. The highest BCUT2D eigenvalue weighted by molar-refractivity contribution is 6.17. The lowest BCUT2D eigenvalue weighted by atomic mass is 10.2. The molecule has 1 rings (SSSR count). The van der Waals surface area contributed by atoms with Crippen LogP contribution in [0.4, 0.5) is 4.39 Å². The van der Waals surface area contributed by atoms with E-state index in [0.717, 1.165) is 0 Å². The smallest absolute Gasteiger partial charge is 0.135 e. The Kier molecular flexibility index (Phi) is 3.37. The molecule has 0 spiro atoms. The summed E-state index contributed by atoms with van der Waals surface area (Å²) >= 11 is 5.55. The minimum absolute atomic E-state index is 0.0823. The fourth-order valence-corrected chi connectivity index (χ4v) is 1.28. The lowest BCUT2D eigenvalue weighted by Gasteiger charge is -2.09. The number of halogens is 2. The number of hydrogen-bond acceptors (Lipinski definition) is 2.